The molecule has 14 heavy (non-hydrogen) atoms. The van der Waals surface area contributed by atoms with Gasteiger partial charge in [-0.25, -0.2) is 0 Å². The van der Waals surface area contributed by atoms with Gasteiger partial charge in [0.2, 0.25) is 0 Å². The van der Waals surface area contributed by atoms with Crippen LogP contribution in [-0.4, -0.2) is 15.0 Å². The van der Waals surface area contributed by atoms with Gasteiger partial charge in [0.25, 0.3) is 0 Å². The van der Waals surface area contributed by atoms with Crippen molar-refractivity contribution in [3.63, 3.8) is 0 Å². The van der Waals surface area contributed by atoms with Crippen LogP contribution < -0.4 is 21.2 Å². The molecule has 0 rings (SSSR count). The van der Waals surface area contributed by atoms with E-state index in [4.69, 9.17) is 4.74 Å². The summed E-state index contributed by atoms with van der Waals surface area (Å²) in [5.41, 5.74) is 0. The zero-order chi connectivity index (χ0) is 10.8. The molecule has 86 valence electrons. The quantitative estimate of drug-likeness (QED) is 0.369. The van der Waals surface area contributed by atoms with Gasteiger partial charge in [0.1, 0.15) is 0 Å². The molecule has 0 saturated carbocycles. The van der Waals surface area contributed by atoms with Crippen LogP contribution >= 0.6 is 0 Å². The maximum atomic E-state index is 11.2. The normalized spacial score (nSPS) is 12.8. The Morgan fingerprint density at radius 2 is 2.07 bits per heavy atom. The number of hydrogen-bond acceptors (Lipinski definition) is 2. The first-order chi connectivity index (χ1) is 6.74. The predicted octanol–water partition coefficient (Wildman–Crippen LogP) is 0.448. The monoisotopic (exact) mass is 313 g/mol. The third-order valence-electron chi connectivity index (χ3n) is 2.22. The zero-order valence-electron chi connectivity index (χ0n) is 9.51. The summed E-state index contributed by atoms with van der Waals surface area (Å²) in [6, 6.07) is 0. The van der Waals surface area contributed by atoms with E-state index in [1.165, 1.54) is 19.3 Å². The van der Waals surface area contributed by atoms with E-state index >= 15 is 0 Å². The Labute approximate surface area is 98.0 Å². The Balaban J connectivity index is 3.55. The van der Waals surface area contributed by atoms with Crippen molar-refractivity contribution in [1.82, 2.24) is 0 Å². The van der Waals surface area contributed by atoms with Gasteiger partial charge in [0, 0.05) is 0 Å². The Bertz CT molecular complexity index is 148. The number of ether oxygens (including phenoxy) is 1. The second-order valence-electron chi connectivity index (χ2n) is 3.37. The number of carbonyl (C=O) groups excluding carboxylic acids is 1. The van der Waals surface area contributed by atoms with Crippen LogP contribution in [0.25, 0.3) is 0 Å². The molecule has 0 radical (unpaired) electrons. The number of rotatable bonds is 8. The van der Waals surface area contributed by atoms with Gasteiger partial charge < -0.3 is 0 Å². The fourth-order valence-corrected chi connectivity index (χ4v) is 2.25. The second-order valence-corrected chi connectivity index (χ2v) is 6.54. The molecule has 0 aromatic rings. The number of alkyl halides is 1. The molecule has 0 aliphatic heterocycles. The van der Waals surface area contributed by atoms with E-state index in [-0.39, 0.29) is 25.2 Å². The van der Waals surface area contributed by atoms with Crippen LogP contribution in [0.5, 0.6) is 0 Å². The van der Waals surface area contributed by atoms with Crippen molar-refractivity contribution >= 4 is 3.98 Å². The van der Waals surface area contributed by atoms with Gasteiger partial charge in [0.05, 0.1) is 0 Å². The summed E-state index contributed by atoms with van der Waals surface area (Å²) in [7, 11) is 0. The molecule has 0 fully saturated rings. The Morgan fingerprint density at radius 1 is 1.36 bits per heavy atom. The van der Waals surface area contributed by atoms with E-state index in [1.54, 1.807) is 0 Å². The van der Waals surface area contributed by atoms with E-state index in [9.17, 15) is 4.79 Å². The van der Waals surface area contributed by atoms with Crippen LogP contribution in [0.15, 0.2) is 0 Å². The van der Waals surface area contributed by atoms with Crippen molar-refractivity contribution in [2.75, 3.05) is 11.0 Å². The van der Waals surface area contributed by atoms with Crippen molar-refractivity contribution in [1.29, 1.82) is 0 Å². The van der Waals surface area contributed by atoms with Crippen LogP contribution in [-0.2, 0) is 4.74 Å². The SMILES string of the molecule is CCCCC(CC)COC(=O)[I-]CC. The van der Waals surface area contributed by atoms with Crippen molar-refractivity contribution in [2.24, 2.45) is 5.92 Å². The summed E-state index contributed by atoms with van der Waals surface area (Å²) in [5.74, 6) is 0.583. The number of hydrogen-bond donors (Lipinski definition) is 0. The molecule has 2 nitrogen and oxygen atoms in total. The Hall–Kier alpha value is 0.200. The molecule has 0 aliphatic carbocycles. The van der Waals surface area contributed by atoms with Crippen molar-refractivity contribution in [3.05, 3.63) is 0 Å². The first kappa shape index (κ1) is 14.2. The van der Waals surface area contributed by atoms with Gasteiger partial charge in [-0.3, -0.25) is 0 Å². The predicted molar refractivity (Wildman–Crippen MR) is 55.2 cm³/mol. The van der Waals surface area contributed by atoms with Gasteiger partial charge in [0.15, 0.2) is 0 Å². The average Bonchev–Trinajstić information content (AvgIpc) is 2.19. The van der Waals surface area contributed by atoms with Crippen molar-refractivity contribution in [3.8, 4) is 0 Å². The molecule has 0 aromatic carbocycles. The van der Waals surface area contributed by atoms with Crippen LogP contribution in [0.4, 0.5) is 4.79 Å². The zero-order valence-corrected chi connectivity index (χ0v) is 11.7. The molecule has 1 unspecified atom stereocenters. The number of halogens is 1. The van der Waals surface area contributed by atoms with E-state index < -0.39 is 0 Å². The summed E-state index contributed by atoms with van der Waals surface area (Å²) in [4.78, 5) is 11.2. The summed E-state index contributed by atoms with van der Waals surface area (Å²) < 4.78 is 6.30. The van der Waals surface area contributed by atoms with Crippen molar-refractivity contribution < 1.29 is 30.7 Å². The third-order valence-corrected chi connectivity index (χ3v) is 3.92. The van der Waals surface area contributed by atoms with Gasteiger partial charge in [-0.2, -0.15) is 0 Å². The first-order valence-corrected chi connectivity index (χ1v) is 8.10. The molecule has 0 bridgehead atoms. The van der Waals surface area contributed by atoms with E-state index in [1.807, 2.05) is 6.92 Å². The molecule has 0 saturated heterocycles. The second kappa shape index (κ2) is 9.74. The van der Waals surface area contributed by atoms with Gasteiger partial charge in [-0.05, 0) is 0 Å². The summed E-state index contributed by atoms with van der Waals surface area (Å²) >= 11 is -0.347. The van der Waals surface area contributed by atoms with Gasteiger partial charge in [-0.15, -0.1) is 0 Å². The van der Waals surface area contributed by atoms with Crippen LogP contribution in [0.1, 0.15) is 46.5 Å². The topological polar surface area (TPSA) is 26.3 Å². The standard InChI is InChI=1S/C11H22IO2/c1-4-7-8-10(5-2)9-14-11(13)12-6-3/h10H,4-9H2,1-3H3/q-1. The van der Waals surface area contributed by atoms with Crippen LogP contribution in [0.3, 0.4) is 0 Å². The molecule has 0 N–H and O–H groups in total. The van der Waals surface area contributed by atoms with Gasteiger partial charge >= 0.3 is 98.1 Å². The molecular formula is C11H22IO2-. The first-order valence-electron chi connectivity index (χ1n) is 5.50. The van der Waals surface area contributed by atoms with Crippen molar-refractivity contribution in [2.45, 2.75) is 46.5 Å². The minimum absolute atomic E-state index is 0.0706. The fraction of sp³-hybridized carbons (Fsp3) is 0.909. The van der Waals surface area contributed by atoms with Crippen LogP contribution in [0, 0.1) is 5.92 Å². The molecule has 1 atom stereocenters. The molecule has 3 heteroatoms. The number of unbranched alkanes of at least 4 members (excludes halogenated alkanes) is 1. The van der Waals surface area contributed by atoms with E-state index in [0.29, 0.717) is 12.5 Å². The molecule has 0 aromatic heterocycles. The molecule has 0 aliphatic rings. The molecular weight excluding hydrogens is 291 g/mol. The van der Waals surface area contributed by atoms with E-state index in [0.717, 1.165) is 10.8 Å². The molecule has 0 amide bonds. The fourth-order valence-electron chi connectivity index (χ4n) is 1.23. The molecule has 0 spiro atoms. The summed E-state index contributed by atoms with van der Waals surface area (Å²) in [6.07, 6.45) is 4.80. The summed E-state index contributed by atoms with van der Waals surface area (Å²) in [6.45, 7) is 7.06. The Morgan fingerprint density at radius 3 is 2.57 bits per heavy atom. The maximum absolute atomic E-state index is 11.2. The van der Waals surface area contributed by atoms with E-state index in [2.05, 4.69) is 13.8 Å². The summed E-state index contributed by atoms with van der Waals surface area (Å²) in [5, 5.41) is 0. The Kier molecular flexibility index (Phi) is 9.88. The van der Waals surface area contributed by atoms with Gasteiger partial charge in [-0.1, -0.05) is 0 Å². The average molecular weight is 313 g/mol. The molecule has 0 heterocycles. The van der Waals surface area contributed by atoms with Crippen LogP contribution in [0.2, 0.25) is 0 Å². The number of carbonyl (C=O) groups is 1. The third kappa shape index (κ3) is 7.59. The minimum atomic E-state index is -0.347.